The van der Waals surface area contributed by atoms with Gasteiger partial charge in [0.25, 0.3) is 11.8 Å². The molecule has 6 nitrogen and oxygen atoms in total. The highest BCUT2D eigenvalue weighted by Gasteiger charge is 2.12. The van der Waals surface area contributed by atoms with E-state index in [1.54, 1.807) is 48.5 Å². The van der Waals surface area contributed by atoms with Crippen molar-refractivity contribution in [2.45, 2.75) is 6.92 Å². The van der Waals surface area contributed by atoms with Crippen molar-refractivity contribution in [1.29, 1.82) is 0 Å². The Bertz CT molecular complexity index is 722. The monoisotopic (exact) mass is 347 g/mol. The molecule has 0 fully saturated rings. The number of amides is 2. The first kappa shape index (κ1) is 17.6. The summed E-state index contributed by atoms with van der Waals surface area (Å²) in [6.07, 6.45) is 0. The minimum Gasteiger partial charge on any atom is -0.493 e. The van der Waals surface area contributed by atoms with Crippen LogP contribution in [0.25, 0.3) is 0 Å². The van der Waals surface area contributed by atoms with Gasteiger partial charge in [-0.3, -0.25) is 20.4 Å². The molecule has 126 valence electrons. The van der Waals surface area contributed by atoms with Crippen LogP contribution >= 0.6 is 11.6 Å². The van der Waals surface area contributed by atoms with E-state index in [2.05, 4.69) is 16.2 Å². The largest absolute Gasteiger partial charge is 0.493 e. The van der Waals surface area contributed by atoms with Crippen LogP contribution < -0.4 is 20.9 Å². The van der Waals surface area contributed by atoms with E-state index < -0.39 is 5.91 Å². The molecule has 0 saturated heterocycles. The number of anilines is 1. The summed E-state index contributed by atoms with van der Waals surface area (Å²) >= 11 is 5.85. The molecule has 0 saturated carbocycles. The topological polar surface area (TPSA) is 79.5 Å². The molecule has 3 N–H and O–H groups in total. The van der Waals surface area contributed by atoms with Crippen LogP contribution in [0.3, 0.4) is 0 Å². The van der Waals surface area contributed by atoms with Gasteiger partial charge in [-0.2, -0.15) is 0 Å². The van der Waals surface area contributed by atoms with Gasteiger partial charge in [0.2, 0.25) is 0 Å². The fourth-order valence-corrected chi connectivity index (χ4v) is 2.13. The normalized spacial score (nSPS) is 9.92. The first-order valence-corrected chi connectivity index (χ1v) is 7.78. The van der Waals surface area contributed by atoms with E-state index in [0.717, 1.165) is 0 Å². The summed E-state index contributed by atoms with van der Waals surface area (Å²) in [5.41, 5.74) is 6.23. The lowest BCUT2D eigenvalue weighted by Crippen LogP contribution is -2.39. The van der Waals surface area contributed by atoms with Crippen molar-refractivity contribution < 1.29 is 14.3 Å². The number of hydrogen-bond donors (Lipinski definition) is 3. The van der Waals surface area contributed by atoms with Gasteiger partial charge in [0, 0.05) is 5.02 Å². The number of ether oxygens (including phenoxy) is 1. The van der Waals surface area contributed by atoms with Crippen LogP contribution in [-0.2, 0) is 4.79 Å². The Morgan fingerprint density at radius 1 is 1.12 bits per heavy atom. The third kappa shape index (κ3) is 5.17. The minimum atomic E-state index is -0.391. The lowest BCUT2D eigenvalue weighted by molar-refractivity contribution is -0.119. The van der Waals surface area contributed by atoms with Crippen LogP contribution in [0.5, 0.6) is 5.75 Å². The minimum absolute atomic E-state index is 0.174. The second-order valence-corrected chi connectivity index (χ2v) is 5.23. The van der Waals surface area contributed by atoms with E-state index in [9.17, 15) is 9.59 Å². The molecule has 24 heavy (non-hydrogen) atoms. The number of hydrazine groups is 1. The van der Waals surface area contributed by atoms with Crippen molar-refractivity contribution in [3.05, 3.63) is 59.1 Å². The van der Waals surface area contributed by atoms with E-state index in [1.165, 1.54) is 0 Å². The Kier molecular flexibility index (Phi) is 6.45. The Morgan fingerprint density at radius 3 is 2.67 bits per heavy atom. The van der Waals surface area contributed by atoms with Gasteiger partial charge in [-0.25, -0.2) is 0 Å². The van der Waals surface area contributed by atoms with Gasteiger partial charge >= 0.3 is 0 Å². The zero-order valence-corrected chi connectivity index (χ0v) is 13.9. The fourth-order valence-electron chi connectivity index (χ4n) is 1.94. The maximum absolute atomic E-state index is 12.2. The molecule has 0 unspecified atom stereocenters. The highest BCUT2D eigenvalue weighted by Crippen LogP contribution is 2.17. The quantitative estimate of drug-likeness (QED) is 0.673. The first-order chi connectivity index (χ1) is 11.6. The molecule has 0 heterocycles. The van der Waals surface area contributed by atoms with Crippen LogP contribution in [-0.4, -0.2) is 25.0 Å². The van der Waals surface area contributed by atoms with Crippen molar-refractivity contribution in [3.63, 3.8) is 0 Å². The molecule has 0 spiro atoms. The highest BCUT2D eigenvalue weighted by atomic mass is 35.5. The SMILES string of the molecule is CCOc1ccccc1C(=O)NCC(=O)NNc1cccc(Cl)c1. The number of benzene rings is 2. The van der Waals surface area contributed by atoms with Crippen molar-refractivity contribution in [2.75, 3.05) is 18.6 Å². The van der Waals surface area contributed by atoms with Gasteiger partial charge in [0.15, 0.2) is 0 Å². The lowest BCUT2D eigenvalue weighted by atomic mass is 10.2. The average molecular weight is 348 g/mol. The molecule has 0 aromatic heterocycles. The maximum atomic E-state index is 12.2. The smallest absolute Gasteiger partial charge is 0.257 e. The van der Waals surface area contributed by atoms with Gasteiger partial charge in [-0.1, -0.05) is 29.8 Å². The number of nitrogens with one attached hydrogen (secondary N) is 3. The molecule has 0 aliphatic carbocycles. The summed E-state index contributed by atoms with van der Waals surface area (Å²) in [6.45, 7) is 2.12. The number of rotatable bonds is 7. The molecule has 2 amide bonds. The van der Waals surface area contributed by atoms with E-state index in [1.807, 2.05) is 6.92 Å². The van der Waals surface area contributed by atoms with Crippen LogP contribution in [0, 0.1) is 0 Å². The third-order valence-electron chi connectivity index (χ3n) is 3.01. The first-order valence-electron chi connectivity index (χ1n) is 7.40. The molecule has 0 atom stereocenters. The second-order valence-electron chi connectivity index (χ2n) is 4.80. The Hall–Kier alpha value is -2.73. The van der Waals surface area contributed by atoms with Gasteiger partial charge in [-0.15, -0.1) is 0 Å². The fraction of sp³-hybridized carbons (Fsp3) is 0.176. The Labute approximate surface area is 145 Å². The van der Waals surface area contributed by atoms with E-state index in [-0.39, 0.29) is 12.5 Å². The van der Waals surface area contributed by atoms with Crippen molar-refractivity contribution in [1.82, 2.24) is 10.7 Å². The molecule has 2 rings (SSSR count). The highest BCUT2D eigenvalue weighted by molar-refractivity contribution is 6.30. The number of carbonyl (C=O) groups is 2. The Morgan fingerprint density at radius 2 is 1.92 bits per heavy atom. The van der Waals surface area contributed by atoms with E-state index in [0.29, 0.717) is 28.6 Å². The third-order valence-corrected chi connectivity index (χ3v) is 3.25. The van der Waals surface area contributed by atoms with Crippen molar-refractivity contribution in [2.24, 2.45) is 0 Å². The summed E-state index contributed by atoms with van der Waals surface area (Å²) in [6, 6.07) is 13.8. The summed E-state index contributed by atoms with van der Waals surface area (Å²) < 4.78 is 5.40. The molecule has 0 radical (unpaired) electrons. The number of halogens is 1. The zero-order chi connectivity index (χ0) is 17.4. The van der Waals surface area contributed by atoms with Crippen molar-refractivity contribution >= 4 is 29.1 Å². The second kappa shape index (κ2) is 8.79. The standard InChI is InChI=1S/C17H18ClN3O3/c1-2-24-15-9-4-3-8-14(15)17(23)19-11-16(22)21-20-13-7-5-6-12(18)10-13/h3-10,20H,2,11H2,1H3,(H,19,23)(H,21,22). The number of carbonyl (C=O) groups excluding carboxylic acids is 2. The summed E-state index contributed by atoms with van der Waals surface area (Å²) in [7, 11) is 0. The number of hydrogen-bond acceptors (Lipinski definition) is 4. The molecular formula is C17H18ClN3O3. The molecule has 0 aliphatic heterocycles. The summed E-state index contributed by atoms with van der Waals surface area (Å²) in [5, 5.41) is 3.10. The lowest BCUT2D eigenvalue weighted by Gasteiger charge is -2.11. The zero-order valence-electron chi connectivity index (χ0n) is 13.1. The number of para-hydroxylation sites is 1. The average Bonchev–Trinajstić information content (AvgIpc) is 2.59. The van der Waals surface area contributed by atoms with Gasteiger partial charge in [-0.05, 0) is 37.3 Å². The molecule has 0 bridgehead atoms. The van der Waals surface area contributed by atoms with E-state index in [4.69, 9.17) is 16.3 Å². The summed E-state index contributed by atoms with van der Waals surface area (Å²) in [5.74, 6) is -0.288. The van der Waals surface area contributed by atoms with Gasteiger partial charge < -0.3 is 10.1 Å². The van der Waals surface area contributed by atoms with Crippen LogP contribution in [0.1, 0.15) is 17.3 Å². The molecular weight excluding hydrogens is 330 g/mol. The molecule has 2 aromatic rings. The van der Waals surface area contributed by atoms with Gasteiger partial charge in [0.05, 0.1) is 24.4 Å². The Balaban J connectivity index is 1.84. The van der Waals surface area contributed by atoms with Gasteiger partial charge in [0.1, 0.15) is 5.75 Å². The van der Waals surface area contributed by atoms with Crippen LogP contribution in [0.4, 0.5) is 5.69 Å². The van der Waals surface area contributed by atoms with E-state index >= 15 is 0 Å². The van der Waals surface area contributed by atoms with Crippen molar-refractivity contribution in [3.8, 4) is 5.75 Å². The molecule has 2 aromatic carbocycles. The molecule has 0 aliphatic rings. The van der Waals surface area contributed by atoms with Crippen LogP contribution in [0.15, 0.2) is 48.5 Å². The predicted molar refractivity (Wildman–Crippen MR) is 93.2 cm³/mol. The maximum Gasteiger partial charge on any atom is 0.257 e. The van der Waals surface area contributed by atoms with Crippen LogP contribution in [0.2, 0.25) is 5.02 Å². The molecule has 7 heteroatoms. The summed E-state index contributed by atoms with van der Waals surface area (Å²) in [4.78, 5) is 23.9. The predicted octanol–water partition coefficient (Wildman–Crippen LogP) is 2.61.